The number of aryl methyl sites for hydroxylation is 1. The molecule has 5 rings (SSSR count). The fourth-order valence-electron chi connectivity index (χ4n) is 4.60. The number of ether oxygens (including phenoxy) is 1. The van der Waals surface area contributed by atoms with Gasteiger partial charge in [0.15, 0.2) is 0 Å². The van der Waals surface area contributed by atoms with Crippen molar-refractivity contribution in [2.45, 2.75) is 57.7 Å². The third-order valence-electron chi connectivity index (χ3n) is 6.11. The molecule has 0 unspecified atom stereocenters. The first-order valence-corrected chi connectivity index (χ1v) is 10.5. The first-order valence-electron chi connectivity index (χ1n) is 10.5. The highest BCUT2D eigenvalue weighted by Crippen LogP contribution is 2.31. The van der Waals surface area contributed by atoms with Crippen molar-refractivity contribution in [1.29, 1.82) is 0 Å². The van der Waals surface area contributed by atoms with Gasteiger partial charge in [-0.15, -0.1) is 0 Å². The molecule has 0 atom stereocenters. The molecular weight excluding hydrogens is 364 g/mol. The van der Waals surface area contributed by atoms with Crippen molar-refractivity contribution in [1.82, 2.24) is 14.8 Å². The Hall–Kier alpha value is -2.73. The van der Waals surface area contributed by atoms with Crippen molar-refractivity contribution < 1.29 is 4.74 Å². The Kier molecular flexibility index (Phi) is 4.79. The fourth-order valence-corrected chi connectivity index (χ4v) is 4.60. The number of hydrogen-bond acceptors (Lipinski definition) is 5. The lowest BCUT2D eigenvalue weighted by molar-refractivity contribution is 0.107. The van der Waals surface area contributed by atoms with E-state index in [1.165, 1.54) is 0 Å². The topological polar surface area (TPSA) is 69.0 Å². The minimum Gasteiger partial charge on any atom is -0.382 e. The van der Waals surface area contributed by atoms with E-state index in [9.17, 15) is 4.79 Å². The standard InChI is InChI=1S/C23H26N4O2/c1-15-12-22(19-4-2-3-5-21(19)24-15)25-17-6-8-18(9-7-17)27-23(28)13-16-14-29-11-10-20(16)26-27/h2-5,12-13,17-18H,6-11,14H2,1H3,(H,24,25). The number of anilines is 1. The van der Waals surface area contributed by atoms with Crippen LogP contribution in [0.1, 0.15) is 48.7 Å². The van der Waals surface area contributed by atoms with Gasteiger partial charge in [-0.3, -0.25) is 9.78 Å². The summed E-state index contributed by atoms with van der Waals surface area (Å²) in [6.07, 6.45) is 4.76. The van der Waals surface area contributed by atoms with Gasteiger partial charge in [-0.05, 0) is 44.7 Å². The summed E-state index contributed by atoms with van der Waals surface area (Å²) in [5, 5.41) is 9.59. The van der Waals surface area contributed by atoms with Gasteiger partial charge in [-0.25, -0.2) is 4.68 Å². The molecule has 1 N–H and O–H groups in total. The predicted octanol–water partition coefficient (Wildman–Crippen LogP) is 3.77. The second kappa shape index (κ2) is 7.59. The largest absolute Gasteiger partial charge is 0.382 e. The highest BCUT2D eigenvalue weighted by Gasteiger charge is 2.25. The quantitative estimate of drug-likeness (QED) is 0.737. The van der Waals surface area contributed by atoms with Gasteiger partial charge in [0.25, 0.3) is 5.56 Å². The maximum atomic E-state index is 12.6. The number of aromatic nitrogens is 3. The van der Waals surface area contributed by atoms with E-state index in [0.717, 1.165) is 65.6 Å². The summed E-state index contributed by atoms with van der Waals surface area (Å²) in [5.74, 6) is 0. The molecule has 3 aromatic rings. The normalized spacial score (nSPS) is 21.7. The Morgan fingerprint density at radius 1 is 1.14 bits per heavy atom. The Balaban J connectivity index is 1.31. The summed E-state index contributed by atoms with van der Waals surface area (Å²) >= 11 is 0. The average Bonchev–Trinajstić information content (AvgIpc) is 2.74. The number of nitrogens with zero attached hydrogens (tertiary/aromatic N) is 3. The Labute approximate surface area is 169 Å². The van der Waals surface area contributed by atoms with Crippen LogP contribution in [0.3, 0.4) is 0 Å². The van der Waals surface area contributed by atoms with Crippen molar-refractivity contribution in [3.63, 3.8) is 0 Å². The van der Waals surface area contributed by atoms with E-state index >= 15 is 0 Å². The van der Waals surface area contributed by atoms with Crippen LogP contribution in [-0.4, -0.2) is 27.4 Å². The average molecular weight is 390 g/mol. The molecule has 6 nitrogen and oxygen atoms in total. The number of para-hydroxylation sites is 1. The summed E-state index contributed by atoms with van der Waals surface area (Å²) in [6.45, 7) is 3.23. The molecule has 2 aromatic heterocycles. The van der Waals surface area contributed by atoms with Gasteiger partial charge >= 0.3 is 0 Å². The van der Waals surface area contributed by atoms with Crippen LogP contribution in [0.15, 0.2) is 41.2 Å². The SMILES string of the molecule is Cc1cc(NC2CCC(n3nc4c(cc3=O)COCC4)CC2)c2ccccc2n1. The van der Waals surface area contributed by atoms with Crippen LogP contribution in [0.25, 0.3) is 10.9 Å². The van der Waals surface area contributed by atoms with Gasteiger partial charge in [0.05, 0.1) is 30.5 Å². The molecule has 0 amide bonds. The van der Waals surface area contributed by atoms with Gasteiger partial charge in [0, 0.05) is 40.9 Å². The molecule has 0 saturated heterocycles. The van der Waals surface area contributed by atoms with Gasteiger partial charge in [-0.2, -0.15) is 5.10 Å². The molecule has 0 spiro atoms. The lowest BCUT2D eigenvalue weighted by Gasteiger charge is -2.31. The smallest absolute Gasteiger partial charge is 0.267 e. The third kappa shape index (κ3) is 3.65. The number of nitrogens with one attached hydrogen (secondary N) is 1. The lowest BCUT2D eigenvalue weighted by atomic mass is 9.91. The molecule has 0 radical (unpaired) electrons. The van der Waals surface area contributed by atoms with E-state index < -0.39 is 0 Å². The van der Waals surface area contributed by atoms with Crippen LogP contribution >= 0.6 is 0 Å². The second-order valence-electron chi connectivity index (χ2n) is 8.18. The van der Waals surface area contributed by atoms with Crippen molar-refractivity contribution in [3.05, 3.63) is 63.7 Å². The minimum atomic E-state index is 0.00131. The van der Waals surface area contributed by atoms with Crippen LogP contribution in [0.2, 0.25) is 0 Å². The zero-order valence-electron chi connectivity index (χ0n) is 16.7. The first kappa shape index (κ1) is 18.3. The van der Waals surface area contributed by atoms with Crippen LogP contribution < -0.4 is 10.9 Å². The van der Waals surface area contributed by atoms with Crippen LogP contribution in [-0.2, 0) is 17.8 Å². The highest BCUT2D eigenvalue weighted by atomic mass is 16.5. The molecule has 1 aliphatic carbocycles. The summed E-state index contributed by atoms with van der Waals surface area (Å²) in [7, 11) is 0. The second-order valence-corrected chi connectivity index (χ2v) is 8.18. The van der Waals surface area contributed by atoms with Crippen molar-refractivity contribution in [2.75, 3.05) is 11.9 Å². The van der Waals surface area contributed by atoms with Gasteiger partial charge in [-0.1, -0.05) is 18.2 Å². The lowest BCUT2D eigenvalue weighted by Crippen LogP contribution is -2.35. The van der Waals surface area contributed by atoms with Crippen molar-refractivity contribution in [3.8, 4) is 0 Å². The molecule has 1 saturated carbocycles. The summed E-state index contributed by atoms with van der Waals surface area (Å²) in [6, 6.07) is 12.7. The molecule has 1 fully saturated rings. The number of hydrogen-bond donors (Lipinski definition) is 1. The molecule has 6 heteroatoms. The fraction of sp³-hybridized carbons (Fsp3) is 0.435. The van der Waals surface area contributed by atoms with E-state index in [0.29, 0.717) is 19.3 Å². The maximum Gasteiger partial charge on any atom is 0.267 e. The predicted molar refractivity (Wildman–Crippen MR) is 113 cm³/mol. The van der Waals surface area contributed by atoms with E-state index in [-0.39, 0.29) is 11.6 Å². The van der Waals surface area contributed by atoms with Crippen LogP contribution in [0, 0.1) is 6.92 Å². The van der Waals surface area contributed by atoms with Crippen molar-refractivity contribution >= 4 is 16.6 Å². The molecule has 2 aliphatic rings. The molecule has 0 bridgehead atoms. The zero-order valence-corrected chi connectivity index (χ0v) is 16.7. The molecule has 150 valence electrons. The summed E-state index contributed by atoms with van der Waals surface area (Å²) in [4.78, 5) is 17.2. The Morgan fingerprint density at radius 2 is 1.97 bits per heavy atom. The van der Waals surface area contributed by atoms with Crippen molar-refractivity contribution in [2.24, 2.45) is 0 Å². The Morgan fingerprint density at radius 3 is 2.83 bits per heavy atom. The van der Waals surface area contributed by atoms with Crippen LogP contribution in [0.4, 0.5) is 5.69 Å². The third-order valence-corrected chi connectivity index (χ3v) is 6.11. The van der Waals surface area contributed by atoms with E-state index in [1.807, 2.05) is 13.0 Å². The van der Waals surface area contributed by atoms with Gasteiger partial charge in [0.2, 0.25) is 0 Å². The first-order chi connectivity index (χ1) is 14.2. The van der Waals surface area contributed by atoms with Crippen LogP contribution in [0.5, 0.6) is 0 Å². The number of benzene rings is 1. The number of rotatable bonds is 3. The molecule has 3 heterocycles. The van der Waals surface area contributed by atoms with Gasteiger partial charge in [0.1, 0.15) is 0 Å². The molecule has 1 aromatic carbocycles. The zero-order chi connectivity index (χ0) is 19.8. The summed E-state index contributed by atoms with van der Waals surface area (Å²) < 4.78 is 7.17. The molecular formula is C23H26N4O2. The van der Waals surface area contributed by atoms with E-state index in [2.05, 4.69) is 34.6 Å². The molecule has 1 aliphatic heterocycles. The monoisotopic (exact) mass is 390 g/mol. The maximum absolute atomic E-state index is 12.6. The molecule has 29 heavy (non-hydrogen) atoms. The summed E-state index contributed by atoms with van der Waals surface area (Å²) in [5.41, 5.74) is 5.18. The Bertz CT molecular complexity index is 1100. The highest BCUT2D eigenvalue weighted by molar-refractivity contribution is 5.91. The van der Waals surface area contributed by atoms with E-state index in [1.54, 1.807) is 10.7 Å². The van der Waals surface area contributed by atoms with E-state index in [4.69, 9.17) is 9.84 Å². The van der Waals surface area contributed by atoms with Gasteiger partial charge < -0.3 is 10.1 Å². The number of fused-ring (bicyclic) bond motifs is 2. The number of pyridine rings is 1. The minimum absolute atomic E-state index is 0.00131.